The van der Waals surface area contributed by atoms with Crippen LogP contribution in [0.4, 0.5) is 0 Å². The summed E-state index contributed by atoms with van der Waals surface area (Å²) in [5, 5.41) is 9.81. The summed E-state index contributed by atoms with van der Waals surface area (Å²) < 4.78 is 30.9. The molecule has 10 heteroatoms. The number of aromatic nitrogens is 2. The van der Waals surface area contributed by atoms with Gasteiger partial charge in [0, 0.05) is 19.3 Å². The molecule has 0 aromatic carbocycles. The average Bonchev–Trinajstić information content (AvgIpc) is 3.18. The summed E-state index contributed by atoms with van der Waals surface area (Å²) >= 11 is 8.19. The molecule has 6 nitrogen and oxygen atoms in total. The number of rotatable bonds is 4. The molecule has 0 radical (unpaired) electrons. The molecule has 2 aromatic heterocycles. The monoisotopic (exact) mass is 386 g/mol. The molecular formula is C13H11ClN4O2S3. The lowest BCUT2D eigenvalue weighted by molar-refractivity contribution is 0.477. The Labute approximate surface area is 147 Å². The fraction of sp³-hybridized carbons (Fsp3) is 0.308. The lowest BCUT2D eigenvalue weighted by Gasteiger charge is -2.15. The molecule has 0 N–H and O–H groups in total. The third kappa shape index (κ3) is 3.36. The van der Waals surface area contributed by atoms with Crippen molar-refractivity contribution in [2.45, 2.75) is 27.0 Å². The van der Waals surface area contributed by atoms with Crippen molar-refractivity contribution in [2.75, 3.05) is 13.1 Å². The first-order valence-corrected chi connectivity index (χ1v) is 10.1. The van der Waals surface area contributed by atoms with Crippen LogP contribution in [0.2, 0.25) is 5.15 Å². The Morgan fingerprint density at radius 2 is 2.09 bits per heavy atom. The molecule has 0 bridgehead atoms. The van der Waals surface area contributed by atoms with Crippen LogP contribution in [0.5, 0.6) is 0 Å². The van der Waals surface area contributed by atoms with E-state index in [9.17, 15) is 8.42 Å². The van der Waals surface area contributed by atoms with Gasteiger partial charge >= 0.3 is 0 Å². The predicted octanol–water partition coefficient (Wildman–Crippen LogP) is 3.00. The largest absolute Gasteiger partial charge is 0.248 e. The van der Waals surface area contributed by atoms with Crippen molar-refractivity contribution in [3.05, 3.63) is 29.0 Å². The number of nitriles is 1. The van der Waals surface area contributed by atoms with Crippen LogP contribution in [0.15, 0.2) is 32.5 Å². The first-order valence-electron chi connectivity index (χ1n) is 6.71. The minimum atomic E-state index is -3.46. The Bertz CT molecular complexity index is 852. The zero-order chi connectivity index (χ0) is 16.4. The van der Waals surface area contributed by atoms with Crippen molar-refractivity contribution in [1.29, 1.82) is 5.26 Å². The maximum absolute atomic E-state index is 12.4. The second kappa shape index (κ2) is 6.75. The van der Waals surface area contributed by atoms with Gasteiger partial charge in [0.2, 0.25) is 10.0 Å². The SMILES string of the molecule is N#Cc1c(Cl)nsc1Sc1ccc(S(=O)(=O)N2CCCC2)cn1. The third-order valence-electron chi connectivity index (χ3n) is 3.34. The zero-order valence-electron chi connectivity index (χ0n) is 11.8. The van der Waals surface area contributed by atoms with E-state index in [-0.39, 0.29) is 10.0 Å². The van der Waals surface area contributed by atoms with Crippen LogP contribution < -0.4 is 0 Å². The molecule has 0 spiro atoms. The van der Waals surface area contributed by atoms with Crippen LogP contribution in [-0.2, 0) is 10.0 Å². The van der Waals surface area contributed by atoms with Crippen LogP contribution in [0.3, 0.4) is 0 Å². The minimum absolute atomic E-state index is 0.174. The molecule has 2 aromatic rings. The van der Waals surface area contributed by atoms with Crippen molar-refractivity contribution in [3.63, 3.8) is 0 Å². The van der Waals surface area contributed by atoms with Crippen LogP contribution in [-0.4, -0.2) is 35.2 Å². The number of halogens is 1. The van der Waals surface area contributed by atoms with Gasteiger partial charge in [-0.3, -0.25) is 0 Å². The van der Waals surface area contributed by atoms with Gasteiger partial charge in [0.25, 0.3) is 0 Å². The van der Waals surface area contributed by atoms with Gasteiger partial charge in [-0.2, -0.15) is 13.9 Å². The van der Waals surface area contributed by atoms with E-state index in [4.69, 9.17) is 16.9 Å². The molecule has 0 saturated carbocycles. The molecule has 1 saturated heterocycles. The average molecular weight is 387 g/mol. The highest BCUT2D eigenvalue weighted by atomic mass is 35.5. The van der Waals surface area contributed by atoms with Crippen LogP contribution in [0.1, 0.15) is 18.4 Å². The van der Waals surface area contributed by atoms with Crippen molar-refractivity contribution in [1.82, 2.24) is 13.7 Å². The third-order valence-corrected chi connectivity index (χ3v) is 7.55. The van der Waals surface area contributed by atoms with E-state index in [0.717, 1.165) is 24.4 Å². The van der Waals surface area contributed by atoms with Gasteiger partial charge in [0.05, 0.1) is 0 Å². The number of hydrogen-bond donors (Lipinski definition) is 0. The topological polar surface area (TPSA) is 86.9 Å². The van der Waals surface area contributed by atoms with Gasteiger partial charge in [0.15, 0.2) is 5.15 Å². The summed E-state index contributed by atoms with van der Waals surface area (Å²) in [5.41, 5.74) is 0.317. The molecule has 1 aliphatic heterocycles. The Kier molecular flexibility index (Phi) is 4.89. The summed E-state index contributed by atoms with van der Waals surface area (Å²) in [4.78, 5) is 4.37. The van der Waals surface area contributed by atoms with Crippen LogP contribution >= 0.6 is 34.9 Å². The standard InChI is InChI=1S/C13H11ClN4O2S3/c14-12-10(7-15)13(22-17-12)21-11-4-3-9(8-16-11)23(19,20)18-5-1-2-6-18/h3-4,8H,1-2,5-6H2. The smallest absolute Gasteiger partial charge is 0.244 e. The first kappa shape index (κ1) is 16.7. The number of nitrogens with zero attached hydrogens (tertiary/aromatic N) is 4. The van der Waals surface area contributed by atoms with E-state index in [0.29, 0.717) is 27.9 Å². The Morgan fingerprint density at radius 3 is 2.70 bits per heavy atom. The summed E-state index contributed by atoms with van der Waals surface area (Å²) in [6.07, 6.45) is 3.14. The molecule has 0 unspecified atom stereocenters. The van der Waals surface area contributed by atoms with E-state index in [2.05, 4.69) is 9.36 Å². The summed E-state index contributed by atoms with van der Waals surface area (Å²) in [6, 6.07) is 5.17. The molecule has 0 aliphatic carbocycles. The second-order valence-corrected chi connectivity index (χ2v) is 9.15. The van der Waals surface area contributed by atoms with Gasteiger partial charge in [-0.1, -0.05) is 23.4 Å². The Balaban J connectivity index is 1.81. The number of sulfonamides is 1. The minimum Gasteiger partial charge on any atom is -0.248 e. The van der Waals surface area contributed by atoms with Gasteiger partial charge < -0.3 is 0 Å². The Hall–Kier alpha value is -1.18. The zero-order valence-corrected chi connectivity index (χ0v) is 15.0. The molecule has 23 heavy (non-hydrogen) atoms. The van der Waals surface area contributed by atoms with Crippen molar-refractivity contribution in [3.8, 4) is 6.07 Å². The lowest BCUT2D eigenvalue weighted by atomic mass is 10.4. The summed E-state index contributed by atoms with van der Waals surface area (Å²) in [7, 11) is -3.46. The molecule has 0 amide bonds. The van der Waals surface area contributed by atoms with Crippen molar-refractivity contribution in [2.24, 2.45) is 0 Å². The predicted molar refractivity (Wildman–Crippen MR) is 88.2 cm³/mol. The van der Waals surface area contributed by atoms with Crippen molar-refractivity contribution >= 4 is 44.9 Å². The molecular weight excluding hydrogens is 376 g/mol. The summed E-state index contributed by atoms with van der Waals surface area (Å²) in [5.74, 6) is 0. The van der Waals surface area contributed by atoms with E-state index in [1.54, 1.807) is 6.07 Å². The quantitative estimate of drug-likeness (QED) is 0.802. The molecule has 120 valence electrons. The maximum Gasteiger partial charge on any atom is 0.244 e. The fourth-order valence-electron chi connectivity index (χ4n) is 2.17. The van der Waals surface area contributed by atoms with Crippen molar-refractivity contribution < 1.29 is 8.42 Å². The summed E-state index contributed by atoms with van der Waals surface area (Å²) in [6.45, 7) is 1.12. The molecule has 1 aliphatic rings. The van der Waals surface area contributed by atoms with Crippen LogP contribution in [0.25, 0.3) is 0 Å². The lowest BCUT2D eigenvalue weighted by Crippen LogP contribution is -2.27. The van der Waals surface area contributed by atoms with Gasteiger partial charge in [-0.25, -0.2) is 13.4 Å². The molecule has 1 fully saturated rings. The molecule has 0 atom stereocenters. The van der Waals surface area contributed by atoms with E-state index in [1.807, 2.05) is 6.07 Å². The van der Waals surface area contributed by atoms with Crippen LogP contribution in [0, 0.1) is 11.3 Å². The molecule has 3 rings (SSSR count). The maximum atomic E-state index is 12.4. The van der Waals surface area contributed by atoms with E-state index >= 15 is 0 Å². The second-order valence-electron chi connectivity index (χ2n) is 4.79. The highest BCUT2D eigenvalue weighted by molar-refractivity contribution is 8.01. The van der Waals surface area contributed by atoms with E-state index < -0.39 is 10.0 Å². The molecule has 3 heterocycles. The normalized spacial score (nSPS) is 15.7. The van der Waals surface area contributed by atoms with Gasteiger partial charge in [-0.15, -0.1) is 0 Å². The number of pyridine rings is 1. The highest BCUT2D eigenvalue weighted by Gasteiger charge is 2.27. The Morgan fingerprint density at radius 1 is 1.35 bits per heavy atom. The van der Waals surface area contributed by atoms with Gasteiger partial charge in [0.1, 0.15) is 25.8 Å². The number of hydrogen-bond acceptors (Lipinski definition) is 7. The fourth-order valence-corrected chi connectivity index (χ4v) is 5.67. The van der Waals surface area contributed by atoms with E-state index in [1.165, 1.54) is 28.3 Å². The van der Waals surface area contributed by atoms with Gasteiger partial charge in [-0.05, 0) is 36.5 Å². The highest BCUT2D eigenvalue weighted by Crippen LogP contribution is 2.36. The first-order chi connectivity index (χ1) is 11.0.